The summed E-state index contributed by atoms with van der Waals surface area (Å²) in [4.78, 5) is 4.36. The molecule has 1 aromatic heterocycles. The minimum atomic E-state index is -0.294. The number of nitrogens with two attached hydrogens (primary N) is 1. The molecule has 0 saturated heterocycles. The number of anilines is 1. The molecule has 5 heteroatoms. The smallest absolute Gasteiger partial charge is 0.201 e. The van der Waals surface area contributed by atoms with Crippen molar-refractivity contribution in [2.75, 3.05) is 5.73 Å². The Morgan fingerprint density at radius 1 is 1.38 bits per heavy atom. The first-order chi connectivity index (χ1) is 10.1. The second-order valence-corrected chi connectivity index (χ2v) is 6.82. The molecule has 1 atom stereocenters. The standard InChI is InChI=1S/C16H21BrFN3/c1-2-14(10-6-4-3-5-7-10)21-15-8-11(17)12(18)9-13(15)20-16(21)19/h8-10,14H,2-7H2,1H3,(H2,19,20). The fraction of sp³-hybridized carbons (Fsp3) is 0.562. The summed E-state index contributed by atoms with van der Waals surface area (Å²) >= 11 is 3.27. The van der Waals surface area contributed by atoms with E-state index in [1.165, 1.54) is 38.2 Å². The van der Waals surface area contributed by atoms with Crippen LogP contribution in [-0.2, 0) is 0 Å². The topological polar surface area (TPSA) is 43.8 Å². The van der Waals surface area contributed by atoms with Crippen molar-refractivity contribution in [2.45, 2.75) is 51.5 Å². The molecule has 21 heavy (non-hydrogen) atoms. The zero-order chi connectivity index (χ0) is 15.0. The third-order valence-corrected chi connectivity index (χ3v) is 5.31. The van der Waals surface area contributed by atoms with Crippen molar-refractivity contribution in [2.24, 2.45) is 5.92 Å². The van der Waals surface area contributed by atoms with Crippen LogP contribution < -0.4 is 5.73 Å². The van der Waals surface area contributed by atoms with Crippen LogP contribution in [-0.4, -0.2) is 9.55 Å². The molecule has 1 saturated carbocycles. The number of rotatable bonds is 3. The highest BCUT2D eigenvalue weighted by Crippen LogP contribution is 2.38. The van der Waals surface area contributed by atoms with E-state index in [0.29, 0.717) is 27.9 Å². The first kappa shape index (κ1) is 14.8. The summed E-state index contributed by atoms with van der Waals surface area (Å²) in [5, 5.41) is 0. The van der Waals surface area contributed by atoms with Crippen LogP contribution >= 0.6 is 15.9 Å². The lowest BCUT2D eigenvalue weighted by Crippen LogP contribution is -2.22. The van der Waals surface area contributed by atoms with Gasteiger partial charge in [-0.3, -0.25) is 0 Å². The van der Waals surface area contributed by atoms with Crippen molar-refractivity contribution >= 4 is 32.9 Å². The summed E-state index contributed by atoms with van der Waals surface area (Å²) in [6.07, 6.45) is 7.46. The summed E-state index contributed by atoms with van der Waals surface area (Å²) in [6.45, 7) is 2.20. The third kappa shape index (κ3) is 2.68. The number of nitrogen functional groups attached to an aromatic ring is 1. The van der Waals surface area contributed by atoms with E-state index < -0.39 is 0 Å². The van der Waals surface area contributed by atoms with Gasteiger partial charge in [0.15, 0.2) is 0 Å². The van der Waals surface area contributed by atoms with Crippen molar-refractivity contribution in [3.8, 4) is 0 Å². The summed E-state index contributed by atoms with van der Waals surface area (Å²) in [5.74, 6) is 0.852. The molecule has 0 radical (unpaired) electrons. The molecular formula is C16H21BrFN3. The molecule has 3 nitrogen and oxygen atoms in total. The van der Waals surface area contributed by atoms with Gasteiger partial charge in [0.25, 0.3) is 0 Å². The molecular weight excluding hydrogens is 333 g/mol. The lowest BCUT2D eigenvalue weighted by atomic mass is 9.82. The van der Waals surface area contributed by atoms with Crippen LogP contribution in [0.1, 0.15) is 51.5 Å². The first-order valence-electron chi connectivity index (χ1n) is 7.74. The van der Waals surface area contributed by atoms with Gasteiger partial charge in [0.05, 0.1) is 15.5 Å². The van der Waals surface area contributed by atoms with Gasteiger partial charge in [-0.15, -0.1) is 0 Å². The number of nitrogens with zero attached hydrogens (tertiary/aromatic N) is 2. The minimum absolute atomic E-state index is 0.294. The molecule has 1 aliphatic rings. The number of benzene rings is 1. The molecule has 2 aromatic rings. The molecule has 2 N–H and O–H groups in total. The van der Waals surface area contributed by atoms with E-state index in [-0.39, 0.29) is 5.82 Å². The predicted molar refractivity (Wildman–Crippen MR) is 87.7 cm³/mol. The van der Waals surface area contributed by atoms with E-state index in [4.69, 9.17) is 5.73 Å². The molecule has 0 aliphatic heterocycles. The molecule has 114 valence electrons. The second-order valence-electron chi connectivity index (χ2n) is 5.97. The Balaban J connectivity index is 2.08. The van der Waals surface area contributed by atoms with Crippen LogP contribution in [0.3, 0.4) is 0 Å². The van der Waals surface area contributed by atoms with Gasteiger partial charge in [-0.05, 0) is 47.2 Å². The SMILES string of the molecule is CCC(C1CCCCC1)n1c(N)nc2cc(F)c(Br)cc21. The fourth-order valence-electron chi connectivity index (χ4n) is 3.70. The largest absolute Gasteiger partial charge is 0.369 e. The second kappa shape index (κ2) is 5.95. The third-order valence-electron chi connectivity index (χ3n) is 4.70. The van der Waals surface area contributed by atoms with Gasteiger partial charge < -0.3 is 10.3 Å². The Morgan fingerprint density at radius 3 is 2.76 bits per heavy atom. The van der Waals surface area contributed by atoms with E-state index in [9.17, 15) is 4.39 Å². The maximum Gasteiger partial charge on any atom is 0.201 e. The maximum absolute atomic E-state index is 13.7. The van der Waals surface area contributed by atoms with Crippen LogP contribution in [0.4, 0.5) is 10.3 Å². The first-order valence-corrected chi connectivity index (χ1v) is 8.53. The summed E-state index contributed by atoms with van der Waals surface area (Å²) in [6, 6.07) is 3.62. The Hall–Kier alpha value is -1.10. The van der Waals surface area contributed by atoms with Crippen molar-refractivity contribution in [3.05, 3.63) is 22.4 Å². The zero-order valence-electron chi connectivity index (χ0n) is 12.3. The Morgan fingerprint density at radius 2 is 2.10 bits per heavy atom. The number of fused-ring (bicyclic) bond motifs is 1. The molecule has 0 spiro atoms. The van der Waals surface area contributed by atoms with Gasteiger partial charge in [-0.2, -0.15) is 0 Å². The van der Waals surface area contributed by atoms with E-state index in [1.54, 1.807) is 6.07 Å². The minimum Gasteiger partial charge on any atom is -0.369 e. The number of hydrogen-bond donors (Lipinski definition) is 1. The van der Waals surface area contributed by atoms with E-state index in [0.717, 1.165) is 11.9 Å². The van der Waals surface area contributed by atoms with Crippen LogP contribution in [0.25, 0.3) is 11.0 Å². The van der Waals surface area contributed by atoms with Crippen LogP contribution in [0.15, 0.2) is 16.6 Å². The van der Waals surface area contributed by atoms with Crippen molar-refractivity contribution in [1.29, 1.82) is 0 Å². The van der Waals surface area contributed by atoms with Crippen molar-refractivity contribution in [1.82, 2.24) is 9.55 Å². The highest BCUT2D eigenvalue weighted by atomic mass is 79.9. The summed E-state index contributed by atoms with van der Waals surface area (Å²) in [5.41, 5.74) is 7.72. The van der Waals surface area contributed by atoms with E-state index >= 15 is 0 Å². The summed E-state index contributed by atoms with van der Waals surface area (Å²) in [7, 11) is 0. The van der Waals surface area contributed by atoms with Crippen molar-refractivity contribution in [3.63, 3.8) is 0 Å². The molecule has 0 amide bonds. The van der Waals surface area contributed by atoms with Gasteiger partial charge in [-0.1, -0.05) is 26.2 Å². The molecule has 1 aromatic carbocycles. The number of aromatic nitrogens is 2. The number of hydrogen-bond acceptors (Lipinski definition) is 2. The Kier molecular flexibility index (Phi) is 4.20. The lowest BCUT2D eigenvalue weighted by molar-refractivity contribution is 0.249. The number of imidazole rings is 1. The zero-order valence-corrected chi connectivity index (χ0v) is 13.9. The normalized spacial score (nSPS) is 18.2. The molecule has 1 unspecified atom stereocenters. The Bertz CT molecular complexity index is 646. The van der Waals surface area contributed by atoms with Crippen LogP contribution in [0, 0.1) is 11.7 Å². The maximum atomic E-state index is 13.7. The monoisotopic (exact) mass is 353 g/mol. The van der Waals surface area contributed by atoms with Gasteiger partial charge in [0.2, 0.25) is 5.95 Å². The lowest BCUT2D eigenvalue weighted by Gasteiger charge is -2.31. The van der Waals surface area contributed by atoms with E-state index in [1.807, 2.05) is 0 Å². The van der Waals surface area contributed by atoms with Crippen LogP contribution in [0.5, 0.6) is 0 Å². The molecule has 0 bridgehead atoms. The fourth-order valence-corrected chi connectivity index (χ4v) is 4.03. The van der Waals surface area contributed by atoms with Crippen molar-refractivity contribution < 1.29 is 4.39 Å². The van der Waals surface area contributed by atoms with Gasteiger partial charge >= 0.3 is 0 Å². The highest BCUT2D eigenvalue weighted by Gasteiger charge is 2.27. The highest BCUT2D eigenvalue weighted by molar-refractivity contribution is 9.10. The average Bonchev–Trinajstić information content (AvgIpc) is 2.78. The van der Waals surface area contributed by atoms with E-state index in [2.05, 4.69) is 32.4 Å². The molecule has 3 rings (SSSR count). The molecule has 1 aliphatic carbocycles. The summed E-state index contributed by atoms with van der Waals surface area (Å²) < 4.78 is 16.3. The number of halogens is 2. The van der Waals surface area contributed by atoms with Gasteiger partial charge in [-0.25, -0.2) is 9.37 Å². The quantitative estimate of drug-likeness (QED) is 0.838. The molecule has 1 fully saturated rings. The average molecular weight is 354 g/mol. The predicted octanol–water partition coefficient (Wildman–Crippen LogP) is 5.05. The Labute approximate surface area is 132 Å². The van der Waals surface area contributed by atoms with Gasteiger partial charge in [0, 0.05) is 12.1 Å². The van der Waals surface area contributed by atoms with Crippen LogP contribution in [0.2, 0.25) is 0 Å². The van der Waals surface area contributed by atoms with Gasteiger partial charge in [0.1, 0.15) is 5.82 Å². The molecule has 1 heterocycles.